The predicted octanol–water partition coefficient (Wildman–Crippen LogP) is 1.42. The Balaban J connectivity index is 1.83. The first kappa shape index (κ1) is 17.5. The zero-order chi connectivity index (χ0) is 17.0. The first-order chi connectivity index (χ1) is 10.8. The number of hydrogen-bond acceptors (Lipinski definition) is 4. The number of ether oxygens (including phenoxy) is 1. The summed E-state index contributed by atoms with van der Waals surface area (Å²) in [5.74, 6) is -0.375. The van der Waals surface area contributed by atoms with Crippen molar-refractivity contribution in [3.63, 3.8) is 0 Å². The molecule has 2 amide bonds. The normalized spacial score (nSPS) is 21.5. The molecule has 1 saturated heterocycles. The molecule has 0 bridgehead atoms. The zero-order valence-electron chi connectivity index (χ0n) is 13.2. The van der Waals surface area contributed by atoms with Gasteiger partial charge in [-0.15, -0.1) is 0 Å². The second-order valence-corrected chi connectivity index (χ2v) is 7.93. The second-order valence-electron chi connectivity index (χ2n) is 5.70. The monoisotopic (exact) mass is 344 g/mol. The van der Waals surface area contributed by atoms with Crippen molar-refractivity contribution in [1.29, 1.82) is 0 Å². The quantitative estimate of drug-likeness (QED) is 0.896. The van der Waals surface area contributed by atoms with Crippen LogP contribution in [0.4, 0.5) is 9.18 Å². The van der Waals surface area contributed by atoms with Gasteiger partial charge in [-0.25, -0.2) is 17.6 Å². The average molecular weight is 344 g/mol. The number of carbonyl (C=O) groups is 1. The molecule has 8 heteroatoms. The standard InChI is InChI=1S/C15H21FN2O4S/c1-11-10-23(20,21)8-7-18(11)15(19)17-9-12(2)22-14-6-4-3-5-13(14)16/h3-6,11-12H,7-10H2,1-2H3,(H,17,19). The van der Waals surface area contributed by atoms with Gasteiger partial charge >= 0.3 is 6.03 Å². The van der Waals surface area contributed by atoms with E-state index in [-0.39, 0.29) is 42.4 Å². The molecule has 0 spiro atoms. The highest BCUT2D eigenvalue weighted by molar-refractivity contribution is 7.91. The average Bonchev–Trinajstić information content (AvgIpc) is 2.46. The molecule has 1 aromatic rings. The van der Waals surface area contributed by atoms with E-state index in [9.17, 15) is 17.6 Å². The Labute approximate surface area is 135 Å². The summed E-state index contributed by atoms with van der Waals surface area (Å²) >= 11 is 0. The Bertz CT molecular complexity index is 665. The van der Waals surface area contributed by atoms with E-state index in [1.165, 1.54) is 17.0 Å². The molecule has 1 aromatic carbocycles. The van der Waals surface area contributed by atoms with Crippen LogP contribution < -0.4 is 10.1 Å². The first-order valence-electron chi connectivity index (χ1n) is 7.44. The number of hydrogen-bond donors (Lipinski definition) is 1. The summed E-state index contributed by atoms with van der Waals surface area (Å²) in [6.07, 6.45) is -0.417. The minimum Gasteiger partial charge on any atom is -0.486 e. The Morgan fingerprint density at radius 1 is 1.48 bits per heavy atom. The van der Waals surface area contributed by atoms with Crippen molar-refractivity contribution in [2.45, 2.75) is 26.0 Å². The fraction of sp³-hybridized carbons (Fsp3) is 0.533. The predicted molar refractivity (Wildman–Crippen MR) is 84.7 cm³/mol. The summed E-state index contributed by atoms with van der Waals surface area (Å²) in [5, 5.41) is 2.69. The first-order valence-corrected chi connectivity index (χ1v) is 9.27. The van der Waals surface area contributed by atoms with Gasteiger partial charge in [-0.05, 0) is 26.0 Å². The van der Waals surface area contributed by atoms with Crippen LogP contribution in [0.15, 0.2) is 24.3 Å². The number of amides is 2. The molecular formula is C15H21FN2O4S. The minimum absolute atomic E-state index is 0.0218. The smallest absolute Gasteiger partial charge is 0.317 e. The molecule has 1 aliphatic heterocycles. The molecule has 0 radical (unpaired) electrons. The van der Waals surface area contributed by atoms with Crippen molar-refractivity contribution in [3.8, 4) is 5.75 Å². The molecular weight excluding hydrogens is 323 g/mol. The number of sulfone groups is 1. The van der Waals surface area contributed by atoms with Crippen LogP contribution >= 0.6 is 0 Å². The summed E-state index contributed by atoms with van der Waals surface area (Å²) in [6.45, 7) is 3.80. The van der Waals surface area contributed by atoms with Crippen molar-refractivity contribution in [2.75, 3.05) is 24.6 Å². The van der Waals surface area contributed by atoms with Gasteiger partial charge in [0, 0.05) is 12.6 Å². The van der Waals surface area contributed by atoms with Crippen molar-refractivity contribution in [3.05, 3.63) is 30.1 Å². The van der Waals surface area contributed by atoms with Gasteiger partial charge in [0.05, 0.1) is 18.1 Å². The minimum atomic E-state index is -3.06. The van der Waals surface area contributed by atoms with E-state index in [1.54, 1.807) is 26.0 Å². The molecule has 0 aromatic heterocycles. The third-order valence-corrected chi connectivity index (χ3v) is 5.43. The number of nitrogens with zero attached hydrogens (tertiary/aromatic N) is 1. The lowest BCUT2D eigenvalue weighted by atomic mass is 10.3. The van der Waals surface area contributed by atoms with Crippen molar-refractivity contribution in [1.82, 2.24) is 10.2 Å². The maximum Gasteiger partial charge on any atom is 0.317 e. The lowest BCUT2D eigenvalue weighted by molar-refractivity contribution is 0.171. The number of para-hydroxylation sites is 1. The molecule has 2 atom stereocenters. The number of benzene rings is 1. The van der Waals surface area contributed by atoms with Crippen molar-refractivity contribution < 1.29 is 22.3 Å². The van der Waals surface area contributed by atoms with Crippen LogP contribution in [0, 0.1) is 5.82 Å². The Kier molecular flexibility index (Phi) is 5.46. The van der Waals surface area contributed by atoms with Gasteiger partial charge in [0.1, 0.15) is 6.10 Å². The summed E-state index contributed by atoms with van der Waals surface area (Å²) in [4.78, 5) is 13.6. The van der Waals surface area contributed by atoms with Crippen LogP contribution in [0.2, 0.25) is 0 Å². The maximum absolute atomic E-state index is 13.5. The molecule has 0 aliphatic carbocycles. The molecule has 6 nitrogen and oxygen atoms in total. The van der Waals surface area contributed by atoms with E-state index in [4.69, 9.17) is 4.74 Å². The summed E-state index contributed by atoms with van der Waals surface area (Å²) < 4.78 is 42.0. The lowest BCUT2D eigenvalue weighted by Gasteiger charge is -2.33. The molecule has 1 N–H and O–H groups in total. The van der Waals surface area contributed by atoms with E-state index in [2.05, 4.69) is 5.32 Å². The van der Waals surface area contributed by atoms with E-state index < -0.39 is 21.8 Å². The molecule has 0 saturated carbocycles. The molecule has 2 rings (SSSR count). The molecule has 1 heterocycles. The van der Waals surface area contributed by atoms with E-state index in [0.717, 1.165) is 0 Å². The van der Waals surface area contributed by atoms with Gasteiger partial charge in [0.15, 0.2) is 21.4 Å². The van der Waals surface area contributed by atoms with E-state index in [1.807, 2.05) is 0 Å². The van der Waals surface area contributed by atoms with Crippen LogP contribution in [-0.4, -0.2) is 56.1 Å². The SMILES string of the molecule is CC(CNC(=O)N1CCS(=O)(=O)CC1C)Oc1ccccc1F. The van der Waals surface area contributed by atoms with Crippen LogP contribution in [-0.2, 0) is 9.84 Å². The second kappa shape index (κ2) is 7.16. The Morgan fingerprint density at radius 3 is 2.83 bits per heavy atom. The molecule has 23 heavy (non-hydrogen) atoms. The highest BCUT2D eigenvalue weighted by Gasteiger charge is 2.31. The number of halogens is 1. The summed E-state index contributed by atoms with van der Waals surface area (Å²) in [7, 11) is -3.06. The molecule has 128 valence electrons. The molecule has 1 fully saturated rings. The largest absolute Gasteiger partial charge is 0.486 e. The highest BCUT2D eigenvalue weighted by atomic mass is 32.2. The van der Waals surface area contributed by atoms with Crippen LogP contribution in [0.3, 0.4) is 0 Å². The van der Waals surface area contributed by atoms with E-state index in [0.29, 0.717) is 0 Å². The lowest BCUT2D eigenvalue weighted by Crippen LogP contribution is -2.54. The van der Waals surface area contributed by atoms with Gasteiger partial charge < -0.3 is 15.0 Å². The van der Waals surface area contributed by atoms with Gasteiger partial charge in [0.2, 0.25) is 0 Å². The van der Waals surface area contributed by atoms with Gasteiger partial charge in [-0.2, -0.15) is 0 Å². The summed E-state index contributed by atoms with van der Waals surface area (Å²) in [5.41, 5.74) is 0. The van der Waals surface area contributed by atoms with Gasteiger partial charge in [0.25, 0.3) is 0 Å². The van der Waals surface area contributed by atoms with Crippen molar-refractivity contribution >= 4 is 15.9 Å². The third kappa shape index (κ3) is 4.82. The third-order valence-electron chi connectivity index (χ3n) is 3.64. The van der Waals surface area contributed by atoms with E-state index >= 15 is 0 Å². The summed E-state index contributed by atoms with van der Waals surface area (Å²) in [6, 6.07) is 5.36. The van der Waals surface area contributed by atoms with Crippen molar-refractivity contribution in [2.24, 2.45) is 0 Å². The van der Waals surface area contributed by atoms with Gasteiger partial charge in [-0.3, -0.25) is 0 Å². The topological polar surface area (TPSA) is 75.7 Å². The van der Waals surface area contributed by atoms with Gasteiger partial charge in [-0.1, -0.05) is 12.1 Å². The zero-order valence-corrected chi connectivity index (χ0v) is 14.0. The number of rotatable bonds is 4. The fourth-order valence-corrected chi connectivity index (χ4v) is 3.99. The Morgan fingerprint density at radius 2 is 2.17 bits per heavy atom. The van der Waals surface area contributed by atoms with Crippen LogP contribution in [0.5, 0.6) is 5.75 Å². The maximum atomic E-state index is 13.5. The van der Waals surface area contributed by atoms with Crippen LogP contribution in [0.1, 0.15) is 13.8 Å². The number of carbonyl (C=O) groups excluding carboxylic acids is 1. The number of urea groups is 1. The van der Waals surface area contributed by atoms with Crippen LogP contribution in [0.25, 0.3) is 0 Å². The molecule has 2 unspecified atom stereocenters. The Hall–Kier alpha value is -1.83. The molecule has 1 aliphatic rings. The highest BCUT2D eigenvalue weighted by Crippen LogP contribution is 2.17. The fourth-order valence-electron chi connectivity index (χ4n) is 2.43. The number of nitrogens with one attached hydrogen (secondary N) is 1.